The van der Waals surface area contributed by atoms with Gasteiger partial charge in [0.15, 0.2) is 0 Å². The number of hydrogen-bond acceptors (Lipinski definition) is 1. The fourth-order valence-electron chi connectivity index (χ4n) is 1.56. The van der Waals surface area contributed by atoms with Gasteiger partial charge in [0, 0.05) is 25.6 Å². The molecule has 6 heteroatoms. The molecule has 0 radical (unpaired) electrons. The third kappa shape index (κ3) is 7.19. The van der Waals surface area contributed by atoms with Gasteiger partial charge >= 0.3 is 12.2 Å². The largest absolute Gasteiger partial charge is 0.389 e. The van der Waals surface area contributed by atoms with Crippen molar-refractivity contribution in [2.75, 3.05) is 13.1 Å². The van der Waals surface area contributed by atoms with E-state index < -0.39 is 18.6 Å². The van der Waals surface area contributed by atoms with E-state index in [1.165, 1.54) is 11.0 Å². The van der Waals surface area contributed by atoms with Crippen LogP contribution in [0.1, 0.15) is 33.1 Å². The number of rotatable bonds is 7. The van der Waals surface area contributed by atoms with E-state index in [9.17, 15) is 18.0 Å². The molecule has 2 amide bonds. The Morgan fingerprint density at radius 2 is 1.94 bits per heavy atom. The standard InChI is InChI=1S/C12H21F3N2O/c1-4-7-10(8-9-12(13,14)15)16-11(18)17(5-2)6-3/h4,10H,1,5-9H2,2-3H3,(H,16,18)/t10-/m1/s1. The van der Waals surface area contributed by atoms with Crippen LogP contribution < -0.4 is 5.32 Å². The third-order valence-corrected chi connectivity index (χ3v) is 2.61. The van der Waals surface area contributed by atoms with E-state index in [-0.39, 0.29) is 12.5 Å². The van der Waals surface area contributed by atoms with Crippen LogP contribution in [0.2, 0.25) is 0 Å². The van der Waals surface area contributed by atoms with Crippen molar-refractivity contribution in [3.05, 3.63) is 12.7 Å². The minimum atomic E-state index is -4.20. The predicted octanol–water partition coefficient (Wildman–Crippen LogP) is 3.33. The first-order valence-corrected chi connectivity index (χ1v) is 6.07. The Morgan fingerprint density at radius 1 is 1.39 bits per heavy atom. The first-order valence-electron chi connectivity index (χ1n) is 6.07. The number of hydrogen-bond donors (Lipinski definition) is 1. The zero-order valence-corrected chi connectivity index (χ0v) is 10.9. The van der Waals surface area contributed by atoms with E-state index in [0.717, 1.165) is 0 Å². The Kier molecular flexibility index (Phi) is 7.47. The van der Waals surface area contributed by atoms with E-state index >= 15 is 0 Å². The lowest BCUT2D eigenvalue weighted by Crippen LogP contribution is -2.44. The molecule has 0 saturated heterocycles. The molecule has 1 N–H and O–H groups in total. The highest BCUT2D eigenvalue weighted by Crippen LogP contribution is 2.23. The quantitative estimate of drug-likeness (QED) is 0.704. The van der Waals surface area contributed by atoms with Gasteiger partial charge in [0.05, 0.1) is 0 Å². The average Bonchev–Trinajstić information content (AvgIpc) is 2.27. The maximum Gasteiger partial charge on any atom is 0.389 e. The van der Waals surface area contributed by atoms with E-state index in [1.807, 2.05) is 13.8 Å². The van der Waals surface area contributed by atoms with Gasteiger partial charge in [-0.25, -0.2) is 4.79 Å². The zero-order valence-electron chi connectivity index (χ0n) is 10.9. The second-order valence-electron chi connectivity index (χ2n) is 4.00. The lowest BCUT2D eigenvalue weighted by molar-refractivity contribution is -0.136. The van der Waals surface area contributed by atoms with Crippen molar-refractivity contribution in [2.45, 2.75) is 45.3 Å². The fourth-order valence-corrected chi connectivity index (χ4v) is 1.56. The molecule has 3 nitrogen and oxygen atoms in total. The van der Waals surface area contributed by atoms with Crippen molar-refractivity contribution in [3.63, 3.8) is 0 Å². The molecular weight excluding hydrogens is 245 g/mol. The van der Waals surface area contributed by atoms with Crippen molar-refractivity contribution in [2.24, 2.45) is 0 Å². The highest BCUT2D eigenvalue weighted by molar-refractivity contribution is 5.74. The van der Waals surface area contributed by atoms with Gasteiger partial charge < -0.3 is 10.2 Å². The smallest absolute Gasteiger partial charge is 0.335 e. The maximum atomic E-state index is 12.1. The van der Waals surface area contributed by atoms with E-state index in [4.69, 9.17) is 0 Å². The van der Waals surface area contributed by atoms with Gasteiger partial charge in [-0.2, -0.15) is 13.2 Å². The minimum absolute atomic E-state index is 0.122. The lowest BCUT2D eigenvalue weighted by atomic mass is 10.1. The van der Waals surface area contributed by atoms with Crippen LogP contribution in [-0.4, -0.2) is 36.2 Å². The molecule has 0 unspecified atom stereocenters. The van der Waals surface area contributed by atoms with Gasteiger partial charge in [0.25, 0.3) is 0 Å². The van der Waals surface area contributed by atoms with Gasteiger partial charge in [-0.05, 0) is 26.7 Å². The van der Waals surface area contributed by atoms with Crippen LogP contribution in [0.15, 0.2) is 12.7 Å². The summed E-state index contributed by atoms with van der Waals surface area (Å²) in [4.78, 5) is 13.2. The summed E-state index contributed by atoms with van der Waals surface area (Å²) in [6.07, 6.45) is -3.36. The Labute approximate surface area is 106 Å². The summed E-state index contributed by atoms with van der Waals surface area (Å²) >= 11 is 0. The second-order valence-corrected chi connectivity index (χ2v) is 4.00. The highest BCUT2D eigenvalue weighted by atomic mass is 19.4. The zero-order chi connectivity index (χ0) is 14.2. The average molecular weight is 266 g/mol. The topological polar surface area (TPSA) is 32.3 Å². The molecule has 0 bridgehead atoms. The van der Waals surface area contributed by atoms with Crippen molar-refractivity contribution in [3.8, 4) is 0 Å². The maximum absolute atomic E-state index is 12.1. The summed E-state index contributed by atoms with van der Waals surface area (Å²) in [5.41, 5.74) is 0. The molecule has 0 saturated carbocycles. The summed E-state index contributed by atoms with van der Waals surface area (Å²) in [6.45, 7) is 8.19. The van der Waals surface area contributed by atoms with Crippen LogP contribution >= 0.6 is 0 Å². The van der Waals surface area contributed by atoms with Crippen molar-refractivity contribution >= 4 is 6.03 Å². The number of carbonyl (C=O) groups is 1. The summed E-state index contributed by atoms with van der Waals surface area (Å²) in [5.74, 6) is 0. The SMILES string of the molecule is C=CC[C@H](CCC(F)(F)F)NC(=O)N(CC)CC. The van der Waals surface area contributed by atoms with Gasteiger partial charge in [0.2, 0.25) is 0 Å². The monoisotopic (exact) mass is 266 g/mol. The lowest BCUT2D eigenvalue weighted by Gasteiger charge is -2.24. The summed E-state index contributed by atoms with van der Waals surface area (Å²) in [7, 11) is 0. The van der Waals surface area contributed by atoms with Gasteiger partial charge in [-0.15, -0.1) is 6.58 Å². The molecule has 18 heavy (non-hydrogen) atoms. The fraction of sp³-hybridized carbons (Fsp3) is 0.750. The molecule has 0 fully saturated rings. The van der Waals surface area contributed by atoms with Crippen LogP contribution in [0.3, 0.4) is 0 Å². The van der Waals surface area contributed by atoms with Crippen molar-refractivity contribution < 1.29 is 18.0 Å². The number of nitrogens with zero attached hydrogens (tertiary/aromatic N) is 1. The van der Waals surface area contributed by atoms with Gasteiger partial charge in [0.1, 0.15) is 0 Å². The summed E-state index contributed by atoms with van der Waals surface area (Å²) in [5, 5.41) is 2.61. The molecule has 0 aliphatic heterocycles. The third-order valence-electron chi connectivity index (χ3n) is 2.61. The number of urea groups is 1. The molecule has 0 aliphatic carbocycles. The van der Waals surface area contributed by atoms with Crippen molar-refractivity contribution in [1.29, 1.82) is 0 Å². The summed E-state index contributed by atoms with van der Waals surface area (Å²) in [6, 6.07) is -0.841. The highest BCUT2D eigenvalue weighted by Gasteiger charge is 2.28. The molecular formula is C12H21F3N2O. The molecule has 0 spiro atoms. The Bertz CT molecular complexity index is 263. The molecule has 0 aromatic rings. The van der Waals surface area contributed by atoms with Crippen LogP contribution in [0.4, 0.5) is 18.0 Å². The Balaban J connectivity index is 4.34. The van der Waals surface area contributed by atoms with E-state index in [2.05, 4.69) is 11.9 Å². The number of nitrogens with one attached hydrogen (secondary N) is 1. The molecule has 0 aromatic carbocycles. The first kappa shape index (κ1) is 16.8. The summed E-state index contributed by atoms with van der Waals surface area (Å²) < 4.78 is 36.4. The van der Waals surface area contributed by atoms with Crippen molar-refractivity contribution in [1.82, 2.24) is 10.2 Å². The number of halogens is 3. The molecule has 0 heterocycles. The number of carbonyl (C=O) groups excluding carboxylic acids is 1. The van der Waals surface area contributed by atoms with Crippen LogP contribution in [0.25, 0.3) is 0 Å². The van der Waals surface area contributed by atoms with Crippen LogP contribution in [0, 0.1) is 0 Å². The first-order chi connectivity index (χ1) is 8.34. The van der Waals surface area contributed by atoms with E-state index in [1.54, 1.807) is 0 Å². The molecule has 0 rings (SSSR count). The van der Waals surface area contributed by atoms with Crippen LogP contribution in [0.5, 0.6) is 0 Å². The number of alkyl halides is 3. The second kappa shape index (κ2) is 8.00. The molecule has 0 aliphatic rings. The minimum Gasteiger partial charge on any atom is -0.335 e. The number of amides is 2. The van der Waals surface area contributed by atoms with Crippen LogP contribution in [-0.2, 0) is 0 Å². The van der Waals surface area contributed by atoms with Gasteiger partial charge in [-0.1, -0.05) is 6.08 Å². The molecule has 106 valence electrons. The Hall–Kier alpha value is -1.20. The predicted molar refractivity (Wildman–Crippen MR) is 65.3 cm³/mol. The normalized spacial score (nSPS) is 12.9. The molecule has 1 atom stereocenters. The molecule has 0 aromatic heterocycles. The van der Waals surface area contributed by atoms with E-state index in [0.29, 0.717) is 19.5 Å². The Morgan fingerprint density at radius 3 is 2.33 bits per heavy atom. The van der Waals surface area contributed by atoms with Gasteiger partial charge in [-0.3, -0.25) is 0 Å².